The predicted molar refractivity (Wildman–Crippen MR) is 78.8 cm³/mol. The fourth-order valence-corrected chi connectivity index (χ4v) is 2.17. The molecular weight excluding hydrogens is 252 g/mol. The van der Waals surface area contributed by atoms with Crippen molar-refractivity contribution in [3.63, 3.8) is 0 Å². The molecule has 1 heterocycles. The van der Waals surface area contributed by atoms with E-state index < -0.39 is 6.10 Å². The van der Waals surface area contributed by atoms with Gasteiger partial charge in [-0.25, -0.2) is 4.98 Å². The zero-order valence-corrected chi connectivity index (χ0v) is 12.5. The molecule has 0 unspecified atom stereocenters. The zero-order valence-electron chi connectivity index (χ0n) is 12.5. The molecule has 0 spiro atoms. The fraction of sp³-hybridized carbons (Fsp3) is 0.438. The number of nitrogens with zero attached hydrogens (tertiary/aromatic N) is 2. The summed E-state index contributed by atoms with van der Waals surface area (Å²) < 4.78 is 7.97. The Morgan fingerprint density at radius 3 is 2.70 bits per heavy atom. The number of imidazole rings is 1. The Morgan fingerprint density at radius 1 is 1.30 bits per heavy atom. The Kier molecular flexibility index (Phi) is 4.45. The first-order valence-corrected chi connectivity index (χ1v) is 6.91. The summed E-state index contributed by atoms with van der Waals surface area (Å²) in [6.07, 6.45) is 3.09. The number of benzene rings is 1. The number of aromatic nitrogens is 2. The summed E-state index contributed by atoms with van der Waals surface area (Å²) >= 11 is 0. The summed E-state index contributed by atoms with van der Waals surface area (Å²) in [4.78, 5) is 4.16. The van der Waals surface area contributed by atoms with E-state index in [1.165, 1.54) is 0 Å². The maximum absolute atomic E-state index is 9.80. The van der Waals surface area contributed by atoms with Crippen LogP contribution in [0.5, 0.6) is 5.75 Å². The summed E-state index contributed by atoms with van der Waals surface area (Å²) in [6, 6.07) is 6.20. The van der Waals surface area contributed by atoms with Crippen LogP contribution in [0.2, 0.25) is 0 Å². The van der Waals surface area contributed by atoms with Crippen molar-refractivity contribution in [3.05, 3.63) is 47.5 Å². The number of aliphatic hydroxyl groups excluding tert-OH is 1. The molecule has 4 nitrogen and oxygen atoms in total. The van der Waals surface area contributed by atoms with E-state index in [0.717, 1.165) is 22.6 Å². The third-order valence-corrected chi connectivity index (χ3v) is 3.30. The standard InChI is InChI=1S/C16H22N2O2/c1-11(2)18-10-17-8-14(18)9-20-16-7-12(3)5-6-15(16)13(4)19/h5-8,10-11,13,19H,9H2,1-4H3/t13-/m1/s1. The molecule has 0 aliphatic heterocycles. The van der Waals surface area contributed by atoms with E-state index in [1.54, 1.807) is 6.92 Å². The predicted octanol–water partition coefficient (Wildman–Crippen LogP) is 3.40. The SMILES string of the molecule is Cc1ccc([C@@H](C)O)c(OCc2cncn2C(C)C)c1. The molecule has 2 rings (SSSR count). The second-order valence-electron chi connectivity index (χ2n) is 5.39. The van der Waals surface area contributed by atoms with E-state index in [9.17, 15) is 5.11 Å². The Hall–Kier alpha value is -1.81. The summed E-state index contributed by atoms with van der Waals surface area (Å²) in [6.45, 7) is 8.42. The lowest BCUT2D eigenvalue weighted by molar-refractivity contribution is 0.189. The van der Waals surface area contributed by atoms with Crippen molar-refractivity contribution in [2.75, 3.05) is 0 Å². The van der Waals surface area contributed by atoms with Gasteiger partial charge in [0.05, 0.1) is 24.3 Å². The quantitative estimate of drug-likeness (QED) is 0.909. The van der Waals surface area contributed by atoms with Crippen molar-refractivity contribution >= 4 is 0 Å². The highest BCUT2D eigenvalue weighted by Gasteiger charge is 2.11. The Balaban J connectivity index is 2.18. The smallest absolute Gasteiger partial charge is 0.130 e. The van der Waals surface area contributed by atoms with E-state index >= 15 is 0 Å². The first-order chi connectivity index (χ1) is 9.49. The van der Waals surface area contributed by atoms with Crippen LogP contribution in [-0.2, 0) is 6.61 Å². The lowest BCUT2D eigenvalue weighted by Gasteiger charge is -2.16. The van der Waals surface area contributed by atoms with Crippen molar-refractivity contribution < 1.29 is 9.84 Å². The van der Waals surface area contributed by atoms with Crippen molar-refractivity contribution in [1.29, 1.82) is 0 Å². The third kappa shape index (κ3) is 3.20. The van der Waals surface area contributed by atoms with Crippen LogP contribution in [-0.4, -0.2) is 14.7 Å². The second kappa shape index (κ2) is 6.09. The highest BCUT2D eigenvalue weighted by atomic mass is 16.5. The molecule has 1 aromatic carbocycles. The van der Waals surface area contributed by atoms with Crippen LogP contribution in [0.15, 0.2) is 30.7 Å². The minimum absolute atomic E-state index is 0.352. The molecule has 0 aliphatic carbocycles. The number of ether oxygens (including phenoxy) is 1. The highest BCUT2D eigenvalue weighted by Crippen LogP contribution is 2.27. The summed E-state index contributed by atoms with van der Waals surface area (Å²) in [5, 5.41) is 9.80. The van der Waals surface area contributed by atoms with Crippen molar-refractivity contribution in [1.82, 2.24) is 9.55 Å². The van der Waals surface area contributed by atoms with E-state index in [4.69, 9.17) is 4.74 Å². The first kappa shape index (κ1) is 14.6. The summed E-state index contributed by atoms with van der Waals surface area (Å²) in [5.74, 6) is 0.733. The van der Waals surface area contributed by atoms with Crippen molar-refractivity contribution in [2.24, 2.45) is 0 Å². The minimum Gasteiger partial charge on any atom is -0.487 e. The van der Waals surface area contributed by atoms with Crippen LogP contribution in [0.3, 0.4) is 0 Å². The molecule has 4 heteroatoms. The van der Waals surface area contributed by atoms with Gasteiger partial charge in [0.2, 0.25) is 0 Å². The van der Waals surface area contributed by atoms with Crippen LogP contribution in [0.4, 0.5) is 0 Å². The van der Waals surface area contributed by atoms with Gasteiger partial charge in [-0.15, -0.1) is 0 Å². The number of rotatable bonds is 5. The normalized spacial score (nSPS) is 12.7. The van der Waals surface area contributed by atoms with E-state index in [0.29, 0.717) is 12.6 Å². The highest BCUT2D eigenvalue weighted by molar-refractivity contribution is 5.38. The lowest BCUT2D eigenvalue weighted by Crippen LogP contribution is -2.08. The lowest BCUT2D eigenvalue weighted by atomic mass is 10.1. The van der Waals surface area contributed by atoms with Crippen molar-refractivity contribution in [3.8, 4) is 5.75 Å². The van der Waals surface area contributed by atoms with E-state index in [-0.39, 0.29) is 0 Å². The summed E-state index contributed by atoms with van der Waals surface area (Å²) in [5.41, 5.74) is 2.95. The minimum atomic E-state index is -0.541. The zero-order chi connectivity index (χ0) is 14.7. The monoisotopic (exact) mass is 274 g/mol. The number of aliphatic hydroxyl groups is 1. The first-order valence-electron chi connectivity index (χ1n) is 6.91. The van der Waals surface area contributed by atoms with Gasteiger partial charge in [-0.05, 0) is 39.3 Å². The molecule has 1 N–H and O–H groups in total. The van der Waals surface area contributed by atoms with Gasteiger partial charge < -0.3 is 14.4 Å². The van der Waals surface area contributed by atoms with Crippen LogP contribution in [0.1, 0.15) is 49.7 Å². The Morgan fingerprint density at radius 2 is 2.05 bits per heavy atom. The second-order valence-corrected chi connectivity index (χ2v) is 5.39. The number of aryl methyl sites for hydroxylation is 1. The molecule has 2 aromatic rings. The molecular formula is C16H22N2O2. The molecule has 0 radical (unpaired) electrons. The van der Waals surface area contributed by atoms with Crippen molar-refractivity contribution in [2.45, 2.75) is 46.4 Å². The number of hydrogen-bond donors (Lipinski definition) is 1. The Labute approximate surface area is 120 Å². The van der Waals surface area contributed by atoms with Gasteiger partial charge in [-0.3, -0.25) is 0 Å². The van der Waals surface area contributed by atoms with E-state index in [1.807, 2.05) is 37.6 Å². The molecule has 108 valence electrons. The topological polar surface area (TPSA) is 47.3 Å². The van der Waals surface area contributed by atoms with Crippen LogP contribution < -0.4 is 4.74 Å². The molecule has 0 aliphatic rings. The van der Waals surface area contributed by atoms with Crippen LogP contribution >= 0.6 is 0 Å². The molecule has 0 amide bonds. The van der Waals surface area contributed by atoms with Crippen LogP contribution in [0.25, 0.3) is 0 Å². The van der Waals surface area contributed by atoms with Gasteiger partial charge in [0.15, 0.2) is 0 Å². The molecule has 0 saturated heterocycles. The Bertz CT molecular complexity index is 574. The fourth-order valence-electron chi connectivity index (χ4n) is 2.17. The largest absolute Gasteiger partial charge is 0.487 e. The van der Waals surface area contributed by atoms with Gasteiger partial charge in [0.25, 0.3) is 0 Å². The molecule has 0 saturated carbocycles. The molecule has 0 fully saturated rings. The van der Waals surface area contributed by atoms with Crippen LogP contribution in [0, 0.1) is 6.92 Å². The molecule has 20 heavy (non-hydrogen) atoms. The van der Waals surface area contributed by atoms with Gasteiger partial charge >= 0.3 is 0 Å². The van der Waals surface area contributed by atoms with Gasteiger partial charge in [0.1, 0.15) is 12.4 Å². The molecule has 1 atom stereocenters. The van der Waals surface area contributed by atoms with Gasteiger partial charge in [-0.2, -0.15) is 0 Å². The average molecular weight is 274 g/mol. The van der Waals surface area contributed by atoms with Gasteiger partial charge in [-0.1, -0.05) is 12.1 Å². The van der Waals surface area contributed by atoms with E-state index in [2.05, 4.69) is 23.4 Å². The number of hydrogen-bond acceptors (Lipinski definition) is 3. The molecule has 0 bridgehead atoms. The van der Waals surface area contributed by atoms with Gasteiger partial charge in [0, 0.05) is 11.6 Å². The summed E-state index contributed by atoms with van der Waals surface area (Å²) in [7, 11) is 0. The molecule has 1 aromatic heterocycles. The third-order valence-electron chi connectivity index (χ3n) is 3.30. The maximum atomic E-state index is 9.80. The average Bonchev–Trinajstić information content (AvgIpc) is 2.84. The maximum Gasteiger partial charge on any atom is 0.130 e.